The van der Waals surface area contributed by atoms with Gasteiger partial charge >= 0.3 is 11.9 Å². The van der Waals surface area contributed by atoms with Gasteiger partial charge in [0, 0.05) is 12.1 Å². The van der Waals surface area contributed by atoms with Crippen LogP contribution in [0.25, 0.3) is 0 Å². The van der Waals surface area contributed by atoms with Crippen LogP contribution in [0.1, 0.15) is 29.3 Å². The van der Waals surface area contributed by atoms with E-state index in [0.717, 1.165) is 0 Å². The van der Waals surface area contributed by atoms with E-state index < -0.39 is 28.1 Å². The number of carbonyl (C=O) groups excluding carboxylic acids is 2. The van der Waals surface area contributed by atoms with Gasteiger partial charge in [-0.25, -0.2) is 18.0 Å². The molecule has 0 aromatic heterocycles. The van der Waals surface area contributed by atoms with E-state index in [0.29, 0.717) is 23.6 Å². The highest BCUT2D eigenvalue weighted by atomic mass is 32.2. The Morgan fingerprint density at radius 2 is 1.93 bits per heavy atom. The summed E-state index contributed by atoms with van der Waals surface area (Å²) in [6.07, 6.45) is -0.688. The summed E-state index contributed by atoms with van der Waals surface area (Å²) < 4.78 is 43.4. The largest absolute Gasteiger partial charge is 0.494 e. The molecule has 1 aliphatic heterocycles. The van der Waals surface area contributed by atoms with Gasteiger partial charge in [-0.3, -0.25) is 4.72 Å². The highest BCUT2D eigenvalue weighted by molar-refractivity contribution is 7.92. The van der Waals surface area contributed by atoms with E-state index in [1.54, 1.807) is 31.2 Å². The summed E-state index contributed by atoms with van der Waals surface area (Å²) in [5, 5.41) is 0. The predicted molar refractivity (Wildman–Crippen MR) is 104 cm³/mol. The van der Waals surface area contributed by atoms with Crippen LogP contribution < -0.4 is 9.46 Å². The molecule has 1 fully saturated rings. The molecule has 0 saturated carbocycles. The van der Waals surface area contributed by atoms with E-state index in [9.17, 15) is 18.0 Å². The van der Waals surface area contributed by atoms with Crippen LogP contribution in [0.15, 0.2) is 47.4 Å². The third-order valence-corrected chi connectivity index (χ3v) is 5.79. The second-order valence-corrected chi connectivity index (χ2v) is 8.04. The molecule has 8 nitrogen and oxygen atoms in total. The Morgan fingerprint density at radius 3 is 2.55 bits per heavy atom. The van der Waals surface area contributed by atoms with Crippen molar-refractivity contribution in [1.29, 1.82) is 0 Å². The van der Waals surface area contributed by atoms with Gasteiger partial charge in [0.15, 0.2) is 0 Å². The summed E-state index contributed by atoms with van der Waals surface area (Å²) >= 11 is 0. The average Bonchev–Trinajstić information content (AvgIpc) is 3.08. The third kappa shape index (κ3) is 4.86. The summed E-state index contributed by atoms with van der Waals surface area (Å²) in [6.45, 7) is 4.17. The van der Waals surface area contributed by atoms with Gasteiger partial charge in [0.1, 0.15) is 5.75 Å². The molecule has 154 valence electrons. The maximum Gasteiger partial charge on any atom is 0.347 e. The number of nitrogens with one attached hydrogen (secondary N) is 1. The molecule has 1 atom stereocenters. The van der Waals surface area contributed by atoms with Gasteiger partial charge in [-0.1, -0.05) is 6.07 Å². The Bertz CT molecular complexity index is 1020. The fourth-order valence-corrected chi connectivity index (χ4v) is 4.12. The summed E-state index contributed by atoms with van der Waals surface area (Å²) in [6, 6.07) is 10.7. The van der Waals surface area contributed by atoms with Crippen LogP contribution in [0.2, 0.25) is 0 Å². The second-order valence-electron chi connectivity index (χ2n) is 6.39. The van der Waals surface area contributed by atoms with Crippen LogP contribution in [0, 0.1) is 6.92 Å². The fraction of sp³-hybridized carbons (Fsp3) is 0.300. The first-order valence-electron chi connectivity index (χ1n) is 9.04. The predicted octanol–water partition coefficient (Wildman–Crippen LogP) is 2.67. The molecule has 9 heteroatoms. The molecule has 0 aliphatic carbocycles. The number of sulfonamides is 1. The topological polar surface area (TPSA) is 108 Å². The Hall–Kier alpha value is -3.07. The zero-order valence-electron chi connectivity index (χ0n) is 16.0. The number of aryl methyl sites for hydroxylation is 1. The van der Waals surface area contributed by atoms with Crippen LogP contribution in [-0.2, 0) is 24.3 Å². The Balaban J connectivity index is 1.80. The molecule has 0 radical (unpaired) electrons. The molecule has 0 amide bonds. The highest BCUT2D eigenvalue weighted by Gasteiger charge is 2.31. The third-order valence-electron chi connectivity index (χ3n) is 4.27. The van der Waals surface area contributed by atoms with Crippen molar-refractivity contribution in [3.63, 3.8) is 0 Å². The molecule has 0 unspecified atom stereocenters. The Morgan fingerprint density at radius 1 is 1.21 bits per heavy atom. The van der Waals surface area contributed by atoms with Gasteiger partial charge in [-0.2, -0.15) is 0 Å². The molecule has 29 heavy (non-hydrogen) atoms. The zero-order chi connectivity index (χ0) is 21.0. The molecule has 1 saturated heterocycles. The molecule has 1 aliphatic rings. The molecule has 1 heterocycles. The zero-order valence-corrected chi connectivity index (χ0v) is 16.8. The molecule has 0 bridgehead atoms. The van der Waals surface area contributed by atoms with E-state index >= 15 is 0 Å². The number of esters is 2. The van der Waals surface area contributed by atoms with Crippen molar-refractivity contribution in [2.75, 3.05) is 17.9 Å². The van der Waals surface area contributed by atoms with Gasteiger partial charge in [0.25, 0.3) is 10.0 Å². The summed E-state index contributed by atoms with van der Waals surface area (Å²) in [7, 11) is -3.95. The first kappa shape index (κ1) is 20.7. The number of benzene rings is 2. The van der Waals surface area contributed by atoms with Gasteiger partial charge in [-0.15, -0.1) is 0 Å². The first-order valence-corrected chi connectivity index (χ1v) is 10.5. The lowest BCUT2D eigenvalue weighted by Crippen LogP contribution is -2.23. The van der Waals surface area contributed by atoms with Crippen LogP contribution in [0.4, 0.5) is 5.69 Å². The minimum absolute atomic E-state index is 0.0300. The SMILES string of the molecule is CCOc1ccc(NS(=O)(=O)c2cc(C(=O)O[C@H]3CCOC3=O)ccc2C)cc1. The second kappa shape index (κ2) is 8.52. The fourth-order valence-electron chi connectivity index (χ4n) is 2.79. The monoisotopic (exact) mass is 419 g/mol. The number of hydrogen-bond acceptors (Lipinski definition) is 7. The lowest BCUT2D eigenvalue weighted by molar-refractivity contribution is -0.145. The molecule has 1 N–H and O–H groups in total. The van der Waals surface area contributed by atoms with E-state index in [-0.39, 0.29) is 23.5 Å². The van der Waals surface area contributed by atoms with Crippen molar-refractivity contribution in [3.05, 3.63) is 53.6 Å². The van der Waals surface area contributed by atoms with E-state index in [2.05, 4.69) is 4.72 Å². The minimum Gasteiger partial charge on any atom is -0.494 e. The van der Waals surface area contributed by atoms with Crippen LogP contribution >= 0.6 is 0 Å². The number of anilines is 1. The first-order chi connectivity index (χ1) is 13.8. The number of cyclic esters (lactones) is 1. The van der Waals surface area contributed by atoms with Crippen molar-refractivity contribution >= 4 is 27.6 Å². The Kier molecular flexibility index (Phi) is 6.07. The van der Waals surface area contributed by atoms with Gasteiger partial charge in [0.2, 0.25) is 6.10 Å². The molecule has 3 rings (SSSR count). The van der Waals surface area contributed by atoms with Crippen molar-refractivity contribution < 1.29 is 32.2 Å². The quantitative estimate of drug-likeness (QED) is 0.688. The standard InChI is InChI=1S/C20H21NO7S/c1-3-26-16-8-6-15(7-9-16)21-29(24,25)18-12-14(5-4-13(18)2)19(22)28-17-10-11-27-20(17)23/h4-9,12,17,21H,3,10-11H2,1-2H3/t17-/m0/s1. The maximum atomic E-state index is 12.8. The van der Waals surface area contributed by atoms with Crippen molar-refractivity contribution in [3.8, 4) is 5.75 Å². The van der Waals surface area contributed by atoms with E-state index in [1.807, 2.05) is 6.92 Å². The lowest BCUT2D eigenvalue weighted by atomic mass is 10.1. The van der Waals surface area contributed by atoms with Gasteiger partial charge in [0.05, 0.1) is 23.7 Å². The molecule has 2 aromatic carbocycles. The van der Waals surface area contributed by atoms with Gasteiger partial charge < -0.3 is 14.2 Å². The van der Waals surface area contributed by atoms with Gasteiger partial charge in [-0.05, 0) is 55.8 Å². The number of ether oxygens (including phenoxy) is 3. The lowest BCUT2D eigenvalue weighted by Gasteiger charge is -2.13. The van der Waals surface area contributed by atoms with E-state index in [1.165, 1.54) is 18.2 Å². The smallest absolute Gasteiger partial charge is 0.347 e. The molecule has 2 aromatic rings. The van der Waals surface area contributed by atoms with Crippen molar-refractivity contribution in [1.82, 2.24) is 0 Å². The maximum absolute atomic E-state index is 12.8. The van der Waals surface area contributed by atoms with E-state index in [4.69, 9.17) is 14.2 Å². The number of rotatable bonds is 7. The summed E-state index contributed by atoms with van der Waals surface area (Å²) in [5.74, 6) is -0.761. The van der Waals surface area contributed by atoms with Crippen molar-refractivity contribution in [2.45, 2.75) is 31.3 Å². The Labute approximate surface area is 168 Å². The minimum atomic E-state index is -3.95. The normalized spacial score (nSPS) is 16.2. The molecular weight excluding hydrogens is 398 g/mol. The number of hydrogen-bond donors (Lipinski definition) is 1. The molecular formula is C20H21NO7S. The van der Waals surface area contributed by atoms with Crippen LogP contribution in [0.5, 0.6) is 5.75 Å². The summed E-state index contributed by atoms with van der Waals surface area (Å²) in [4.78, 5) is 23.7. The van der Waals surface area contributed by atoms with Crippen LogP contribution in [0.3, 0.4) is 0 Å². The molecule has 0 spiro atoms. The average molecular weight is 419 g/mol. The number of carbonyl (C=O) groups is 2. The van der Waals surface area contributed by atoms with Crippen LogP contribution in [-0.4, -0.2) is 39.7 Å². The van der Waals surface area contributed by atoms with Crippen molar-refractivity contribution in [2.24, 2.45) is 0 Å². The summed E-state index contributed by atoms with van der Waals surface area (Å²) in [5.41, 5.74) is 0.845. The highest BCUT2D eigenvalue weighted by Crippen LogP contribution is 2.23.